The molecule has 6 nitrogen and oxygen atoms in total. The molecule has 0 fully saturated rings. The molecule has 25 heavy (non-hydrogen) atoms. The van der Waals surface area contributed by atoms with Crippen molar-refractivity contribution >= 4 is 29.5 Å². The highest BCUT2D eigenvalue weighted by molar-refractivity contribution is 7.80. The van der Waals surface area contributed by atoms with Gasteiger partial charge in [0.2, 0.25) is 0 Å². The summed E-state index contributed by atoms with van der Waals surface area (Å²) in [5.41, 5.74) is 4.66. The Kier molecular flexibility index (Phi) is 6.91. The first-order valence-corrected chi connectivity index (χ1v) is 8.11. The largest absolute Gasteiger partial charge is 0.489 e. The van der Waals surface area contributed by atoms with Gasteiger partial charge < -0.3 is 15.2 Å². The van der Waals surface area contributed by atoms with Crippen LogP contribution in [0.1, 0.15) is 28.4 Å². The summed E-state index contributed by atoms with van der Waals surface area (Å²) in [6.45, 7) is 2.99. The molecular weight excluding hydrogens is 338 g/mol. The van der Waals surface area contributed by atoms with E-state index in [9.17, 15) is 4.79 Å². The zero-order valence-electron chi connectivity index (χ0n) is 13.7. The molecule has 0 amide bonds. The van der Waals surface area contributed by atoms with Crippen molar-refractivity contribution in [3.8, 4) is 5.75 Å². The predicted octanol–water partition coefficient (Wildman–Crippen LogP) is 2.78. The molecule has 7 heteroatoms. The molecule has 0 aliphatic heterocycles. The molecule has 0 atom stereocenters. The van der Waals surface area contributed by atoms with Crippen LogP contribution in [0.2, 0.25) is 0 Å². The molecule has 0 unspecified atom stereocenters. The van der Waals surface area contributed by atoms with Crippen molar-refractivity contribution in [1.82, 2.24) is 10.7 Å². The maximum absolute atomic E-state index is 11.0. The molecule has 0 aliphatic rings. The van der Waals surface area contributed by atoms with Crippen LogP contribution in [0.25, 0.3) is 0 Å². The van der Waals surface area contributed by atoms with Crippen molar-refractivity contribution < 1.29 is 14.6 Å². The van der Waals surface area contributed by atoms with Crippen LogP contribution in [0.15, 0.2) is 53.6 Å². The first kappa shape index (κ1) is 18.4. The van der Waals surface area contributed by atoms with E-state index in [1.807, 2.05) is 37.3 Å². The predicted molar refractivity (Wildman–Crippen MR) is 101 cm³/mol. The molecule has 0 aromatic heterocycles. The Bertz CT molecular complexity index is 760. The Morgan fingerprint density at radius 1 is 1.28 bits per heavy atom. The van der Waals surface area contributed by atoms with Gasteiger partial charge in [-0.15, -0.1) is 0 Å². The number of carboxylic acid groups (broad SMARTS) is 1. The number of hydrazone groups is 1. The van der Waals surface area contributed by atoms with Crippen LogP contribution in [0.4, 0.5) is 0 Å². The van der Waals surface area contributed by atoms with Crippen LogP contribution in [0, 0.1) is 0 Å². The van der Waals surface area contributed by atoms with E-state index in [2.05, 4.69) is 15.8 Å². The summed E-state index contributed by atoms with van der Waals surface area (Å²) in [4.78, 5) is 11.0. The number of nitrogens with zero attached hydrogens (tertiary/aromatic N) is 1. The monoisotopic (exact) mass is 357 g/mol. The van der Waals surface area contributed by atoms with Crippen LogP contribution in [0.5, 0.6) is 5.75 Å². The number of benzene rings is 2. The molecule has 0 spiro atoms. The van der Waals surface area contributed by atoms with Gasteiger partial charge in [-0.3, -0.25) is 5.43 Å². The Balaban J connectivity index is 1.88. The summed E-state index contributed by atoms with van der Waals surface area (Å²) in [6.07, 6.45) is 1.66. The lowest BCUT2D eigenvalue weighted by Crippen LogP contribution is -2.31. The Morgan fingerprint density at radius 3 is 2.72 bits per heavy atom. The fourth-order valence-corrected chi connectivity index (χ4v) is 2.17. The second kappa shape index (κ2) is 9.39. The van der Waals surface area contributed by atoms with E-state index < -0.39 is 5.97 Å². The molecule has 3 N–H and O–H groups in total. The molecule has 2 aromatic rings. The van der Waals surface area contributed by atoms with Gasteiger partial charge in [-0.25, -0.2) is 4.79 Å². The summed E-state index contributed by atoms with van der Waals surface area (Å²) in [6, 6.07) is 14.1. The average Bonchev–Trinajstić information content (AvgIpc) is 2.61. The number of rotatable bonds is 7. The Hall–Kier alpha value is -2.93. The lowest BCUT2D eigenvalue weighted by atomic mass is 10.1. The minimum atomic E-state index is -0.951. The minimum Gasteiger partial charge on any atom is -0.489 e. The van der Waals surface area contributed by atoms with Crippen molar-refractivity contribution in [3.05, 3.63) is 65.2 Å². The lowest BCUT2D eigenvalue weighted by Gasteiger charge is -2.07. The van der Waals surface area contributed by atoms with Gasteiger partial charge in [0.25, 0.3) is 0 Å². The first-order chi connectivity index (χ1) is 12.1. The number of nitrogens with one attached hydrogen (secondary N) is 2. The maximum Gasteiger partial charge on any atom is 0.335 e. The zero-order chi connectivity index (χ0) is 18.1. The summed E-state index contributed by atoms with van der Waals surface area (Å²) in [5.74, 6) is -0.262. The quantitative estimate of drug-likeness (QED) is 0.402. The highest BCUT2D eigenvalue weighted by atomic mass is 32.1. The van der Waals surface area contributed by atoms with Gasteiger partial charge in [0, 0.05) is 6.54 Å². The molecule has 130 valence electrons. The van der Waals surface area contributed by atoms with E-state index in [0.717, 1.165) is 17.7 Å². The average molecular weight is 357 g/mol. The van der Waals surface area contributed by atoms with Gasteiger partial charge >= 0.3 is 5.97 Å². The number of hydrogen-bond acceptors (Lipinski definition) is 4. The first-order valence-electron chi connectivity index (χ1n) is 7.70. The van der Waals surface area contributed by atoms with E-state index >= 15 is 0 Å². The number of hydrogen-bond donors (Lipinski definition) is 3. The lowest BCUT2D eigenvalue weighted by molar-refractivity contribution is 0.0696. The number of carbonyl (C=O) groups is 1. The van der Waals surface area contributed by atoms with E-state index in [1.54, 1.807) is 24.4 Å². The van der Waals surface area contributed by atoms with Gasteiger partial charge in [0.1, 0.15) is 12.4 Å². The SMILES string of the molecule is CCNC(=S)N/N=C\c1ccc(OCc2cccc(C(=O)O)c2)cc1. The second-order valence-electron chi connectivity index (χ2n) is 5.09. The highest BCUT2D eigenvalue weighted by Crippen LogP contribution is 2.14. The number of aromatic carboxylic acids is 1. The van der Waals surface area contributed by atoms with Gasteiger partial charge in [0.15, 0.2) is 5.11 Å². The van der Waals surface area contributed by atoms with Crippen molar-refractivity contribution in [1.29, 1.82) is 0 Å². The van der Waals surface area contributed by atoms with Gasteiger partial charge in [0.05, 0.1) is 11.8 Å². The molecule has 0 radical (unpaired) electrons. The van der Waals surface area contributed by atoms with Crippen LogP contribution < -0.4 is 15.5 Å². The summed E-state index contributed by atoms with van der Waals surface area (Å²) < 4.78 is 5.67. The van der Waals surface area contributed by atoms with E-state index in [-0.39, 0.29) is 5.56 Å². The molecule has 0 saturated carbocycles. The van der Waals surface area contributed by atoms with Gasteiger partial charge in [-0.05, 0) is 66.7 Å². The molecular formula is C18H19N3O3S. The van der Waals surface area contributed by atoms with Crippen molar-refractivity contribution in [2.24, 2.45) is 5.10 Å². The molecule has 0 saturated heterocycles. The summed E-state index contributed by atoms with van der Waals surface area (Å²) in [7, 11) is 0. The van der Waals surface area contributed by atoms with Crippen LogP contribution in [0.3, 0.4) is 0 Å². The third-order valence-electron chi connectivity index (χ3n) is 3.18. The minimum absolute atomic E-state index is 0.246. The number of thiocarbonyl (C=S) groups is 1. The fraction of sp³-hybridized carbons (Fsp3) is 0.167. The number of ether oxygens (including phenoxy) is 1. The van der Waals surface area contributed by atoms with E-state index in [0.29, 0.717) is 17.5 Å². The molecule has 2 rings (SSSR count). The number of carboxylic acids is 1. The molecule has 0 aliphatic carbocycles. The standard InChI is InChI=1S/C18H19N3O3S/c1-2-19-18(25)21-20-11-13-6-8-16(9-7-13)24-12-14-4-3-5-15(10-14)17(22)23/h3-11H,2,12H2,1H3,(H,22,23)(H2,19,21,25)/b20-11-. The molecule has 0 bridgehead atoms. The summed E-state index contributed by atoms with van der Waals surface area (Å²) in [5, 5.41) is 16.4. The summed E-state index contributed by atoms with van der Waals surface area (Å²) >= 11 is 5.00. The van der Waals surface area contributed by atoms with Gasteiger partial charge in [-0.2, -0.15) is 5.10 Å². The third kappa shape index (κ3) is 6.23. The normalized spacial score (nSPS) is 10.4. The Morgan fingerprint density at radius 2 is 2.04 bits per heavy atom. The van der Waals surface area contributed by atoms with Crippen molar-refractivity contribution in [2.75, 3.05) is 6.54 Å². The molecule has 2 aromatic carbocycles. The Labute approximate surface area is 151 Å². The van der Waals surface area contributed by atoms with Crippen molar-refractivity contribution in [2.45, 2.75) is 13.5 Å². The third-order valence-corrected chi connectivity index (χ3v) is 3.41. The van der Waals surface area contributed by atoms with E-state index in [1.165, 1.54) is 0 Å². The van der Waals surface area contributed by atoms with Crippen LogP contribution >= 0.6 is 12.2 Å². The van der Waals surface area contributed by atoms with Crippen molar-refractivity contribution in [3.63, 3.8) is 0 Å². The second-order valence-corrected chi connectivity index (χ2v) is 5.50. The fourth-order valence-electron chi connectivity index (χ4n) is 1.98. The van der Waals surface area contributed by atoms with Crippen LogP contribution in [-0.4, -0.2) is 28.9 Å². The molecule has 0 heterocycles. The smallest absolute Gasteiger partial charge is 0.335 e. The highest BCUT2D eigenvalue weighted by Gasteiger charge is 2.03. The van der Waals surface area contributed by atoms with Gasteiger partial charge in [-0.1, -0.05) is 12.1 Å². The van der Waals surface area contributed by atoms with Crippen LogP contribution in [-0.2, 0) is 6.61 Å². The maximum atomic E-state index is 11.0. The zero-order valence-corrected chi connectivity index (χ0v) is 14.5. The van der Waals surface area contributed by atoms with E-state index in [4.69, 9.17) is 22.1 Å². The topological polar surface area (TPSA) is 83.0 Å².